The largest absolute Gasteiger partial charge is 0.493 e. The van der Waals surface area contributed by atoms with E-state index in [1.807, 2.05) is 38.1 Å². The van der Waals surface area contributed by atoms with Gasteiger partial charge in [-0.3, -0.25) is 9.59 Å². The lowest BCUT2D eigenvalue weighted by Crippen LogP contribution is -2.44. The molecule has 2 aromatic rings. The number of nitrogens with zero attached hydrogens (tertiary/aromatic N) is 2. The summed E-state index contributed by atoms with van der Waals surface area (Å²) >= 11 is 0. The highest BCUT2D eigenvalue weighted by Gasteiger charge is 2.39. The van der Waals surface area contributed by atoms with Crippen LogP contribution in [0.25, 0.3) is 11.1 Å². The monoisotopic (exact) mass is 545 g/mol. The van der Waals surface area contributed by atoms with Gasteiger partial charge in [-0.2, -0.15) is 0 Å². The van der Waals surface area contributed by atoms with Crippen LogP contribution in [0.1, 0.15) is 56.3 Å². The second kappa shape index (κ2) is 12.4. The second-order valence-electron chi connectivity index (χ2n) is 10.8. The molecule has 9 heteroatoms. The summed E-state index contributed by atoms with van der Waals surface area (Å²) < 4.78 is 49.5. The van der Waals surface area contributed by atoms with E-state index in [-0.39, 0.29) is 18.5 Å². The number of ether oxygens (including phenoxy) is 1. The molecule has 1 unspecified atom stereocenters. The van der Waals surface area contributed by atoms with Gasteiger partial charge in [0.05, 0.1) is 18.7 Å². The SMILES string of the molecule is CCC(F)(CC)CN1CCC(COc2ccc(-c3ccc(C(=O)N4C[C@@H](F)CC4C(N)=O)c(F)c3)cc2)CC1. The van der Waals surface area contributed by atoms with E-state index >= 15 is 0 Å². The molecule has 2 aliphatic heterocycles. The number of hydrogen-bond acceptors (Lipinski definition) is 4. The highest BCUT2D eigenvalue weighted by atomic mass is 19.1. The van der Waals surface area contributed by atoms with Gasteiger partial charge >= 0.3 is 0 Å². The second-order valence-corrected chi connectivity index (χ2v) is 10.8. The predicted octanol–water partition coefficient (Wildman–Crippen LogP) is 5.15. The Morgan fingerprint density at radius 1 is 1.05 bits per heavy atom. The number of carbonyl (C=O) groups is 2. The minimum atomic E-state index is -1.37. The molecule has 2 aliphatic rings. The molecule has 4 rings (SSSR count). The molecule has 2 heterocycles. The smallest absolute Gasteiger partial charge is 0.257 e. The van der Waals surface area contributed by atoms with Crippen molar-refractivity contribution in [1.29, 1.82) is 0 Å². The van der Waals surface area contributed by atoms with Crippen LogP contribution in [-0.4, -0.2) is 72.3 Å². The Kier molecular flexibility index (Phi) is 9.20. The fraction of sp³-hybridized carbons (Fsp3) is 0.533. The van der Waals surface area contributed by atoms with Crippen LogP contribution in [0, 0.1) is 11.7 Å². The maximum atomic E-state index is 14.9. The number of primary amides is 1. The van der Waals surface area contributed by atoms with Gasteiger partial charge in [-0.15, -0.1) is 0 Å². The maximum absolute atomic E-state index is 14.9. The first-order chi connectivity index (χ1) is 18.6. The van der Waals surface area contributed by atoms with Crippen molar-refractivity contribution in [3.63, 3.8) is 0 Å². The zero-order chi connectivity index (χ0) is 28.2. The third-order valence-corrected chi connectivity index (χ3v) is 8.19. The molecule has 2 fully saturated rings. The molecule has 2 N–H and O–H groups in total. The number of likely N-dealkylation sites (tertiary alicyclic amines) is 2. The van der Waals surface area contributed by atoms with Crippen LogP contribution >= 0.6 is 0 Å². The van der Waals surface area contributed by atoms with E-state index in [9.17, 15) is 22.8 Å². The first-order valence-corrected chi connectivity index (χ1v) is 13.8. The van der Waals surface area contributed by atoms with Crippen LogP contribution < -0.4 is 10.5 Å². The third-order valence-electron chi connectivity index (χ3n) is 8.19. The third kappa shape index (κ3) is 6.93. The number of benzene rings is 2. The van der Waals surface area contributed by atoms with Gasteiger partial charge in [0.15, 0.2) is 0 Å². The van der Waals surface area contributed by atoms with Gasteiger partial charge in [0.25, 0.3) is 5.91 Å². The van der Waals surface area contributed by atoms with Crippen molar-refractivity contribution >= 4 is 11.8 Å². The highest BCUT2D eigenvalue weighted by molar-refractivity contribution is 5.98. The Morgan fingerprint density at radius 2 is 1.69 bits per heavy atom. The van der Waals surface area contributed by atoms with Gasteiger partial charge in [0, 0.05) is 13.0 Å². The van der Waals surface area contributed by atoms with E-state index in [1.165, 1.54) is 12.1 Å². The van der Waals surface area contributed by atoms with Gasteiger partial charge in [-0.05, 0) is 80.1 Å². The Bertz CT molecular complexity index is 1150. The highest BCUT2D eigenvalue weighted by Crippen LogP contribution is 2.29. The number of amides is 2. The lowest BCUT2D eigenvalue weighted by Gasteiger charge is -2.36. The summed E-state index contributed by atoms with van der Waals surface area (Å²) in [5.41, 5.74) is 5.28. The zero-order valence-corrected chi connectivity index (χ0v) is 22.7. The standard InChI is InChI=1S/C30H38F3N3O3/c1-3-30(33,4-2)19-35-13-11-20(12-14-35)18-39-24-8-5-21(6-9-24)22-7-10-25(26(32)15-22)29(38)36-17-23(31)16-27(36)28(34)37/h5-10,15,20,23,27H,3-4,11-14,16-19H2,1-2H3,(H2,34,37)/t23-,27?/m0/s1. The number of nitrogens with two attached hydrogens (primary N) is 1. The summed E-state index contributed by atoms with van der Waals surface area (Å²) in [7, 11) is 0. The van der Waals surface area contributed by atoms with Crippen molar-refractivity contribution in [2.24, 2.45) is 11.7 Å². The van der Waals surface area contributed by atoms with Crippen molar-refractivity contribution < 1.29 is 27.5 Å². The molecule has 39 heavy (non-hydrogen) atoms. The van der Waals surface area contributed by atoms with Crippen LogP contribution in [-0.2, 0) is 4.79 Å². The van der Waals surface area contributed by atoms with Crippen molar-refractivity contribution in [3.05, 3.63) is 53.8 Å². The average Bonchev–Trinajstić information content (AvgIpc) is 3.34. The Morgan fingerprint density at radius 3 is 2.28 bits per heavy atom. The Balaban J connectivity index is 1.31. The average molecular weight is 546 g/mol. The van der Waals surface area contributed by atoms with E-state index < -0.39 is 35.5 Å². The number of alkyl halides is 2. The van der Waals surface area contributed by atoms with E-state index in [0.29, 0.717) is 43.2 Å². The summed E-state index contributed by atoms with van der Waals surface area (Å²) in [6.45, 7) is 6.35. The molecular formula is C30H38F3N3O3. The van der Waals surface area contributed by atoms with E-state index in [1.54, 1.807) is 6.07 Å². The van der Waals surface area contributed by atoms with Crippen LogP contribution in [0.3, 0.4) is 0 Å². The van der Waals surface area contributed by atoms with Crippen molar-refractivity contribution in [2.45, 2.75) is 63.8 Å². The normalized spacial score (nSPS) is 20.8. The van der Waals surface area contributed by atoms with Gasteiger partial charge in [-0.1, -0.05) is 32.0 Å². The molecule has 0 aliphatic carbocycles. The Labute approximate surface area is 228 Å². The van der Waals surface area contributed by atoms with Gasteiger partial charge < -0.3 is 20.3 Å². The van der Waals surface area contributed by atoms with Crippen molar-refractivity contribution in [2.75, 3.05) is 32.8 Å². The number of rotatable bonds is 10. The fourth-order valence-electron chi connectivity index (χ4n) is 5.44. The van der Waals surface area contributed by atoms with E-state index in [4.69, 9.17) is 10.5 Å². The Hall–Kier alpha value is -3.07. The summed E-state index contributed by atoms with van der Waals surface area (Å²) in [6.07, 6.45) is 1.46. The van der Waals surface area contributed by atoms with Gasteiger partial charge in [0.2, 0.25) is 5.91 Å². The predicted molar refractivity (Wildman–Crippen MR) is 144 cm³/mol. The van der Waals surface area contributed by atoms with Crippen LogP contribution in [0.2, 0.25) is 0 Å². The summed E-state index contributed by atoms with van der Waals surface area (Å²) in [5, 5.41) is 0. The molecule has 0 saturated carbocycles. The molecule has 2 saturated heterocycles. The molecular weight excluding hydrogens is 507 g/mol. The first-order valence-electron chi connectivity index (χ1n) is 13.8. The molecule has 2 atom stereocenters. The number of piperidine rings is 1. The zero-order valence-electron chi connectivity index (χ0n) is 22.7. The number of hydrogen-bond donors (Lipinski definition) is 1. The molecule has 0 bridgehead atoms. The molecule has 212 valence electrons. The van der Waals surface area contributed by atoms with Crippen LogP contribution in [0.5, 0.6) is 5.75 Å². The minimum absolute atomic E-state index is 0.175. The van der Waals surface area contributed by atoms with Crippen molar-refractivity contribution in [1.82, 2.24) is 9.80 Å². The van der Waals surface area contributed by atoms with Gasteiger partial charge in [-0.25, -0.2) is 13.2 Å². The molecule has 0 radical (unpaired) electrons. The van der Waals surface area contributed by atoms with E-state index in [0.717, 1.165) is 36.4 Å². The number of halogens is 3. The lowest BCUT2D eigenvalue weighted by atomic mass is 9.94. The number of carbonyl (C=O) groups excluding carboxylic acids is 2. The molecule has 2 aromatic carbocycles. The topological polar surface area (TPSA) is 75.9 Å². The quantitative estimate of drug-likeness (QED) is 0.448. The van der Waals surface area contributed by atoms with Crippen LogP contribution in [0.4, 0.5) is 13.2 Å². The van der Waals surface area contributed by atoms with Crippen molar-refractivity contribution in [3.8, 4) is 16.9 Å². The fourth-order valence-corrected chi connectivity index (χ4v) is 5.44. The molecule has 0 aromatic heterocycles. The molecule has 0 spiro atoms. The molecule has 2 amide bonds. The minimum Gasteiger partial charge on any atom is -0.493 e. The summed E-state index contributed by atoms with van der Waals surface area (Å²) in [4.78, 5) is 27.6. The van der Waals surface area contributed by atoms with E-state index in [2.05, 4.69) is 4.90 Å². The lowest BCUT2D eigenvalue weighted by molar-refractivity contribution is -0.121. The summed E-state index contributed by atoms with van der Waals surface area (Å²) in [5.74, 6) is -1.19. The summed E-state index contributed by atoms with van der Waals surface area (Å²) in [6, 6.07) is 10.4. The van der Waals surface area contributed by atoms with Crippen LogP contribution in [0.15, 0.2) is 42.5 Å². The molecule has 6 nitrogen and oxygen atoms in total. The van der Waals surface area contributed by atoms with Gasteiger partial charge in [0.1, 0.15) is 29.4 Å². The maximum Gasteiger partial charge on any atom is 0.257 e. The first kappa shape index (κ1) is 28.9.